The van der Waals surface area contributed by atoms with Crippen molar-refractivity contribution < 1.29 is 19.4 Å². The maximum atomic E-state index is 11.7. The van der Waals surface area contributed by atoms with Crippen LogP contribution in [0.3, 0.4) is 0 Å². The van der Waals surface area contributed by atoms with E-state index in [1.807, 2.05) is 30.3 Å². The van der Waals surface area contributed by atoms with Crippen molar-refractivity contribution in [1.29, 1.82) is 0 Å². The van der Waals surface area contributed by atoms with Gasteiger partial charge in [0.2, 0.25) is 5.91 Å². The quantitative estimate of drug-likeness (QED) is 0.585. The Labute approximate surface area is 111 Å². The zero-order valence-electron chi connectivity index (χ0n) is 10.7. The Morgan fingerprint density at radius 2 is 2.00 bits per heavy atom. The van der Waals surface area contributed by atoms with Gasteiger partial charge in [-0.05, 0) is 12.0 Å². The molecule has 0 spiro atoms. The van der Waals surface area contributed by atoms with E-state index < -0.39 is 24.0 Å². The first kappa shape index (κ1) is 15.1. The first-order chi connectivity index (χ1) is 9.04. The maximum Gasteiger partial charge on any atom is 0.336 e. The molecule has 4 N–H and O–H groups in total. The van der Waals surface area contributed by atoms with Crippen molar-refractivity contribution in [3.8, 4) is 0 Å². The van der Waals surface area contributed by atoms with Gasteiger partial charge in [-0.1, -0.05) is 30.3 Å². The number of hydrogen-bond acceptors (Lipinski definition) is 5. The molecule has 104 valence electrons. The lowest BCUT2D eigenvalue weighted by Gasteiger charge is -2.14. The monoisotopic (exact) mass is 266 g/mol. The zero-order chi connectivity index (χ0) is 14.3. The molecular weight excluding hydrogens is 248 g/mol. The predicted octanol–water partition coefficient (Wildman–Crippen LogP) is -0.793. The number of rotatable bonds is 6. The number of amides is 1. The molecule has 0 bridgehead atoms. The third kappa shape index (κ3) is 5.07. The summed E-state index contributed by atoms with van der Waals surface area (Å²) in [5, 5.41) is 11.7. The van der Waals surface area contributed by atoms with Crippen molar-refractivity contribution in [2.24, 2.45) is 5.73 Å². The number of carbonyl (C=O) groups excluding carboxylic acids is 2. The van der Waals surface area contributed by atoms with Crippen LogP contribution in [0.2, 0.25) is 0 Å². The van der Waals surface area contributed by atoms with Crippen LogP contribution in [0.15, 0.2) is 30.3 Å². The van der Waals surface area contributed by atoms with Gasteiger partial charge in [0.25, 0.3) is 0 Å². The molecule has 0 aliphatic carbocycles. The van der Waals surface area contributed by atoms with E-state index in [2.05, 4.69) is 10.1 Å². The molecule has 6 nitrogen and oxygen atoms in total. The topological polar surface area (TPSA) is 102 Å². The smallest absolute Gasteiger partial charge is 0.336 e. The van der Waals surface area contributed by atoms with E-state index >= 15 is 0 Å². The second kappa shape index (κ2) is 7.50. The summed E-state index contributed by atoms with van der Waals surface area (Å²) >= 11 is 0. The normalized spacial score (nSPS) is 13.4. The Bertz CT molecular complexity index is 422. The molecule has 19 heavy (non-hydrogen) atoms. The zero-order valence-corrected chi connectivity index (χ0v) is 10.7. The van der Waals surface area contributed by atoms with Gasteiger partial charge in [0.1, 0.15) is 0 Å². The number of ether oxygens (including phenoxy) is 1. The van der Waals surface area contributed by atoms with Gasteiger partial charge in [0.15, 0.2) is 6.10 Å². The number of methoxy groups -OCH3 is 1. The minimum absolute atomic E-state index is 0.214. The summed E-state index contributed by atoms with van der Waals surface area (Å²) in [5.41, 5.74) is 6.68. The van der Waals surface area contributed by atoms with Gasteiger partial charge in [-0.25, -0.2) is 4.79 Å². The van der Waals surface area contributed by atoms with E-state index in [1.165, 1.54) is 0 Å². The number of hydrogen-bond donors (Lipinski definition) is 3. The lowest BCUT2D eigenvalue weighted by molar-refractivity contribution is -0.150. The van der Waals surface area contributed by atoms with Crippen molar-refractivity contribution in [1.82, 2.24) is 5.32 Å². The fourth-order valence-corrected chi connectivity index (χ4v) is 1.51. The van der Waals surface area contributed by atoms with Crippen molar-refractivity contribution in [3.05, 3.63) is 35.9 Å². The molecule has 1 aromatic rings. The summed E-state index contributed by atoms with van der Waals surface area (Å²) in [7, 11) is 1.16. The molecule has 0 aliphatic rings. The van der Waals surface area contributed by atoms with Crippen LogP contribution >= 0.6 is 0 Å². The Balaban J connectivity index is 2.39. The van der Waals surface area contributed by atoms with Crippen molar-refractivity contribution in [2.75, 3.05) is 13.7 Å². The Hall–Kier alpha value is -1.92. The van der Waals surface area contributed by atoms with Crippen LogP contribution in [0.5, 0.6) is 0 Å². The molecule has 1 aromatic carbocycles. The van der Waals surface area contributed by atoms with Crippen LogP contribution in [-0.2, 0) is 20.7 Å². The second-order valence-electron chi connectivity index (χ2n) is 4.08. The van der Waals surface area contributed by atoms with Gasteiger partial charge in [0.05, 0.1) is 19.7 Å². The predicted molar refractivity (Wildman–Crippen MR) is 69.2 cm³/mol. The van der Waals surface area contributed by atoms with Crippen molar-refractivity contribution in [3.63, 3.8) is 0 Å². The molecule has 0 fully saturated rings. The summed E-state index contributed by atoms with van der Waals surface area (Å²) in [6, 6.07) is 8.61. The molecule has 2 atom stereocenters. The van der Waals surface area contributed by atoms with Gasteiger partial charge < -0.3 is 20.9 Å². The van der Waals surface area contributed by atoms with Crippen LogP contribution in [0.25, 0.3) is 0 Å². The lowest BCUT2D eigenvalue weighted by Crippen LogP contribution is -2.46. The highest BCUT2D eigenvalue weighted by molar-refractivity contribution is 5.83. The fourth-order valence-electron chi connectivity index (χ4n) is 1.51. The minimum Gasteiger partial charge on any atom is -0.467 e. The van der Waals surface area contributed by atoms with E-state index in [4.69, 9.17) is 5.73 Å². The SMILES string of the molecule is COC(=O)C(O)CNC(=O)[C@@H](N)Cc1ccccc1. The van der Waals surface area contributed by atoms with E-state index in [-0.39, 0.29) is 6.54 Å². The van der Waals surface area contributed by atoms with Crippen molar-refractivity contribution >= 4 is 11.9 Å². The molecule has 6 heteroatoms. The van der Waals surface area contributed by atoms with E-state index in [0.29, 0.717) is 6.42 Å². The molecule has 1 rings (SSSR count). The molecule has 0 radical (unpaired) electrons. The van der Waals surface area contributed by atoms with Crippen molar-refractivity contribution in [2.45, 2.75) is 18.6 Å². The number of aliphatic hydroxyl groups excluding tert-OH is 1. The average molecular weight is 266 g/mol. The second-order valence-corrected chi connectivity index (χ2v) is 4.08. The molecule has 0 heterocycles. The van der Waals surface area contributed by atoms with Gasteiger partial charge in [-0.3, -0.25) is 4.79 Å². The standard InChI is InChI=1S/C13H18N2O4/c1-19-13(18)11(16)8-15-12(17)10(14)7-9-5-3-2-4-6-9/h2-6,10-11,16H,7-8,14H2,1H3,(H,15,17)/t10-,11?/m0/s1. The molecule has 1 unspecified atom stereocenters. The molecule has 0 saturated carbocycles. The molecule has 0 saturated heterocycles. The average Bonchev–Trinajstić information content (AvgIpc) is 2.44. The van der Waals surface area contributed by atoms with Gasteiger partial charge in [-0.15, -0.1) is 0 Å². The van der Waals surface area contributed by atoms with Gasteiger partial charge in [-0.2, -0.15) is 0 Å². The number of esters is 1. The fraction of sp³-hybridized carbons (Fsp3) is 0.385. The molecule has 0 aliphatic heterocycles. The number of carbonyl (C=O) groups is 2. The summed E-state index contributed by atoms with van der Waals surface area (Å²) in [4.78, 5) is 22.6. The number of nitrogens with one attached hydrogen (secondary N) is 1. The van der Waals surface area contributed by atoms with Crippen LogP contribution in [-0.4, -0.2) is 42.8 Å². The lowest BCUT2D eigenvalue weighted by atomic mass is 10.1. The number of nitrogens with two attached hydrogens (primary N) is 1. The van der Waals surface area contributed by atoms with Crippen LogP contribution < -0.4 is 11.1 Å². The first-order valence-corrected chi connectivity index (χ1v) is 5.87. The Morgan fingerprint density at radius 1 is 1.37 bits per heavy atom. The largest absolute Gasteiger partial charge is 0.467 e. The first-order valence-electron chi connectivity index (χ1n) is 5.87. The third-order valence-electron chi connectivity index (χ3n) is 2.58. The molecular formula is C13H18N2O4. The van der Waals surface area contributed by atoms with E-state index in [9.17, 15) is 14.7 Å². The Morgan fingerprint density at radius 3 is 2.58 bits per heavy atom. The molecule has 0 aromatic heterocycles. The molecule has 1 amide bonds. The number of benzene rings is 1. The summed E-state index contributed by atoms with van der Waals surface area (Å²) < 4.78 is 4.33. The van der Waals surface area contributed by atoms with Gasteiger partial charge >= 0.3 is 5.97 Å². The van der Waals surface area contributed by atoms with E-state index in [1.54, 1.807) is 0 Å². The minimum atomic E-state index is -1.38. The highest BCUT2D eigenvalue weighted by Gasteiger charge is 2.19. The van der Waals surface area contributed by atoms with Crippen LogP contribution in [0.1, 0.15) is 5.56 Å². The van der Waals surface area contributed by atoms with E-state index in [0.717, 1.165) is 12.7 Å². The highest BCUT2D eigenvalue weighted by atomic mass is 16.5. The maximum absolute atomic E-state index is 11.7. The summed E-state index contributed by atoms with van der Waals surface area (Å²) in [5.74, 6) is -1.22. The highest BCUT2D eigenvalue weighted by Crippen LogP contribution is 2.01. The number of aliphatic hydroxyl groups is 1. The third-order valence-corrected chi connectivity index (χ3v) is 2.58. The van der Waals surface area contributed by atoms with Crippen LogP contribution in [0, 0.1) is 0 Å². The summed E-state index contributed by atoms with van der Waals surface area (Å²) in [6.07, 6.45) is -0.987. The summed E-state index contributed by atoms with van der Waals surface area (Å²) in [6.45, 7) is -0.214. The Kier molecular flexibility index (Phi) is 5.98. The van der Waals surface area contributed by atoms with Gasteiger partial charge in [0, 0.05) is 0 Å². The van der Waals surface area contributed by atoms with Crippen LogP contribution in [0.4, 0.5) is 0 Å².